The van der Waals surface area contributed by atoms with Crippen molar-refractivity contribution < 1.29 is 4.39 Å². The molecule has 3 aromatic rings. The maximum atomic E-state index is 15.1. The number of aromatic amines is 1. The molecule has 3 N–H and O–H groups in total. The Balaban J connectivity index is 1.29. The fraction of sp³-hybridized carbons (Fsp3) is 0.435. The van der Waals surface area contributed by atoms with Crippen LogP contribution in [-0.2, 0) is 0 Å². The van der Waals surface area contributed by atoms with E-state index in [2.05, 4.69) is 35.7 Å². The number of benzene rings is 1. The van der Waals surface area contributed by atoms with Crippen molar-refractivity contribution in [3.63, 3.8) is 0 Å². The molecule has 1 aromatic carbocycles. The van der Waals surface area contributed by atoms with E-state index in [0.717, 1.165) is 48.8 Å². The maximum Gasteiger partial charge on any atom is 0.229 e. The second-order valence-corrected chi connectivity index (χ2v) is 10.2. The number of thioether (sulfide) groups is 1. The lowest BCUT2D eigenvalue weighted by Gasteiger charge is -2.41. The zero-order valence-electron chi connectivity index (χ0n) is 18.7. The summed E-state index contributed by atoms with van der Waals surface area (Å²) in [5.41, 5.74) is 3.44. The molecule has 5 rings (SSSR count). The molecular weight excluding hydrogens is 461 g/mol. The van der Waals surface area contributed by atoms with Gasteiger partial charge in [-0.05, 0) is 69.0 Å². The molecule has 4 heterocycles. The molecule has 174 valence electrons. The highest BCUT2D eigenvalue weighted by atomic mass is 35.5. The van der Waals surface area contributed by atoms with Crippen LogP contribution in [0.15, 0.2) is 24.4 Å². The fourth-order valence-electron chi connectivity index (χ4n) is 4.48. The molecule has 2 aliphatic rings. The van der Waals surface area contributed by atoms with Crippen molar-refractivity contribution in [2.24, 2.45) is 0 Å². The van der Waals surface area contributed by atoms with Crippen LogP contribution in [0, 0.1) is 19.7 Å². The first-order chi connectivity index (χ1) is 16.0. The normalized spacial score (nSPS) is 17.7. The van der Waals surface area contributed by atoms with Crippen LogP contribution in [0.4, 0.5) is 27.7 Å². The lowest BCUT2D eigenvalue weighted by atomic mass is 9.86. The quantitative estimate of drug-likeness (QED) is 0.430. The number of H-pyrrole nitrogens is 1. The molecule has 0 bridgehead atoms. The highest BCUT2D eigenvalue weighted by Crippen LogP contribution is 2.36. The third-order valence-corrected chi connectivity index (χ3v) is 7.92. The first kappa shape index (κ1) is 22.4. The number of halogens is 2. The van der Waals surface area contributed by atoms with Gasteiger partial charge in [0.2, 0.25) is 5.95 Å². The first-order valence-electron chi connectivity index (χ1n) is 11.2. The molecule has 7 nitrogen and oxygen atoms in total. The lowest BCUT2D eigenvalue weighted by molar-refractivity contribution is 0.170. The number of anilines is 4. The van der Waals surface area contributed by atoms with Crippen molar-refractivity contribution in [3.05, 3.63) is 52.1 Å². The number of aryl methyl sites for hydroxylation is 2. The van der Waals surface area contributed by atoms with Gasteiger partial charge in [0.25, 0.3) is 0 Å². The van der Waals surface area contributed by atoms with Gasteiger partial charge in [-0.2, -0.15) is 21.8 Å². The number of likely N-dealkylation sites (tertiary alicyclic amines) is 1. The molecule has 33 heavy (non-hydrogen) atoms. The predicted molar refractivity (Wildman–Crippen MR) is 133 cm³/mol. The monoisotopic (exact) mass is 487 g/mol. The van der Waals surface area contributed by atoms with Crippen molar-refractivity contribution in [2.45, 2.75) is 38.6 Å². The molecule has 0 spiro atoms. The van der Waals surface area contributed by atoms with Crippen molar-refractivity contribution >= 4 is 46.6 Å². The zero-order chi connectivity index (χ0) is 22.9. The summed E-state index contributed by atoms with van der Waals surface area (Å²) in [5, 5.41) is 13.4. The Morgan fingerprint density at radius 1 is 1.15 bits per heavy atom. The van der Waals surface area contributed by atoms with E-state index in [1.807, 2.05) is 37.7 Å². The molecule has 2 aliphatic heterocycles. The van der Waals surface area contributed by atoms with Crippen molar-refractivity contribution in [1.29, 1.82) is 0 Å². The summed E-state index contributed by atoms with van der Waals surface area (Å²) in [6.45, 7) is 6.14. The largest absolute Gasteiger partial charge is 0.322 e. The average Bonchev–Trinajstić information content (AvgIpc) is 3.17. The summed E-state index contributed by atoms with van der Waals surface area (Å²) in [4.78, 5) is 11.2. The standard InChI is InChI=1S/C23H27ClFN7S/c1-13-7-20(19(25)9-17(13)15-3-5-32(6-4-15)16-11-33-12-16)27-23-26-10-18(24)22(29-23)28-21-8-14(2)30-31-21/h7-10,15-16H,3-6,11-12H2,1-2H3,(H3,26,27,28,29,30,31). The van der Waals surface area contributed by atoms with E-state index < -0.39 is 0 Å². The fourth-order valence-corrected chi connectivity index (χ4v) is 5.49. The van der Waals surface area contributed by atoms with Crippen molar-refractivity contribution in [1.82, 2.24) is 25.1 Å². The molecule has 0 radical (unpaired) electrons. The van der Waals surface area contributed by atoms with Gasteiger partial charge in [0.15, 0.2) is 11.6 Å². The summed E-state index contributed by atoms with van der Waals surface area (Å²) in [6.07, 6.45) is 3.64. The van der Waals surface area contributed by atoms with E-state index in [4.69, 9.17) is 11.6 Å². The van der Waals surface area contributed by atoms with E-state index in [1.54, 1.807) is 6.07 Å². The third kappa shape index (κ3) is 4.95. The number of hydrogen-bond acceptors (Lipinski definition) is 7. The first-order valence-corrected chi connectivity index (χ1v) is 12.7. The number of nitrogens with one attached hydrogen (secondary N) is 3. The van der Waals surface area contributed by atoms with E-state index >= 15 is 4.39 Å². The molecule has 0 saturated carbocycles. The zero-order valence-corrected chi connectivity index (χ0v) is 20.2. The Hall–Kier alpha value is -2.36. The summed E-state index contributed by atoms with van der Waals surface area (Å²) < 4.78 is 15.1. The highest BCUT2D eigenvalue weighted by molar-refractivity contribution is 8.00. The summed E-state index contributed by atoms with van der Waals surface area (Å²) in [5.74, 6) is 3.85. The van der Waals surface area contributed by atoms with Crippen LogP contribution in [0.5, 0.6) is 0 Å². The van der Waals surface area contributed by atoms with Gasteiger partial charge in [-0.3, -0.25) is 10.00 Å². The van der Waals surface area contributed by atoms with E-state index in [1.165, 1.54) is 17.7 Å². The van der Waals surface area contributed by atoms with Gasteiger partial charge in [0.1, 0.15) is 10.8 Å². The van der Waals surface area contributed by atoms with Crippen molar-refractivity contribution in [2.75, 3.05) is 35.2 Å². The molecule has 2 saturated heterocycles. The maximum absolute atomic E-state index is 15.1. The van der Waals surface area contributed by atoms with Crippen LogP contribution in [0.2, 0.25) is 5.02 Å². The van der Waals surface area contributed by atoms with E-state index in [-0.39, 0.29) is 11.8 Å². The van der Waals surface area contributed by atoms with E-state index in [0.29, 0.717) is 28.3 Å². The second kappa shape index (κ2) is 9.48. The van der Waals surface area contributed by atoms with Gasteiger partial charge in [-0.15, -0.1) is 0 Å². The van der Waals surface area contributed by atoms with E-state index in [9.17, 15) is 0 Å². The molecule has 2 aromatic heterocycles. The Bertz CT molecular complexity index is 1140. The average molecular weight is 488 g/mol. The van der Waals surface area contributed by atoms with Crippen LogP contribution in [0.3, 0.4) is 0 Å². The van der Waals surface area contributed by atoms with Gasteiger partial charge in [-0.1, -0.05) is 11.6 Å². The minimum absolute atomic E-state index is 0.256. The molecule has 0 unspecified atom stereocenters. The number of piperidine rings is 1. The van der Waals surface area contributed by atoms with Crippen LogP contribution in [0.25, 0.3) is 0 Å². The Morgan fingerprint density at radius 2 is 1.94 bits per heavy atom. The summed E-state index contributed by atoms with van der Waals surface area (Å²) >= 11 is 8.25. The number of hydrogen-bond donors (Lipinski definition) is 3. The molecule has 0 atom stereocenters. The molecule has 0 aliphatic carbocycles. The minimum atomic E-state index is -0.301. The molecule has 0 amide bonds. The SMILES string of the molecule is Cc1cc(Nc2nc(Nc3cc(C)c(C4CCN(C5CSC5)CC4)cc3F)ncc2Cl)n[nH]1. The van der Waals surface area contributed by atoms with Crippen LogP contribution in [0.1, 0.15) is 35.6 Å². The summed E-state index contributed by atoms with van der Waals surface area (Å²) in [6, 6.07) is 6.11. The Morgan fingerprint density at radius 3 is 2.61 bits per heavy atom. The Kier molecular flexibility index (Phi) is 6.44. The highest BCUT2D eigenvalue weighted by Gasteiger charge is 2.30. The molecular formula is C23H27ClFN7S. The number of aromatic nitrogens is 4. The number of nitrogens with zero attached hydrogens (tertiary/aromatic N) is 4. The topological polar surface area (TPSA) is 81.8 Å². The van der Waals surface area contributed by atoms with Gasteiger partial charge in [-0.25, -0.2) is 9.37 Å². The Labute approximate surface area is 201 Å². The summed E-state index contributed by atoms with van der Waals surface area (Å²) in [7, 11) is 0. The molecule has 2 fully saturated rings. The third-order valence-electron chi connectivity index (χ3n) is 6.40. The van der Waals surface area contributed by atoms with Gasteiger partial charge < -0.3 is 10.6 Å². The van der Waals surface area contributed by atoms with Gasteiger partial charge >= 0.3 is 0 Å². The van der Waals surface area contributed by atoms with Crippen molar-refractivity contribution in [3.8, 4) is 0 Å². The van der Waals surface area contributed by atoms with Crippen LogP contribution >= 0.6 is 23.4 Å². The second-order valence-electron chi connectivity index (χ2n) is 8.77. The number of rotatable bonds is 6. The van der Waals surface area contributed by atoms with Crippen LogP contribution in [-0.4, -0.2) is 55.7 Å². The minimum Gasteiger partial charge on any atom is -0.322 e. The molecule has 10 heteroatoms. The van der Waals surface area contributed by atoms with Gasteiger partial charge in [0.05, 0.1) is 11.9 Å². The van der Waals surface area contributed by atoms with Crippen LogP contribution < -0.4 is 10.6 Å². The van der Waals surface area contributed by atoms with Gasteiger partial charge in [0, 0.05) is 29.3 Å². The lowest BCUT2D eigenvalue weighted by Crippen LogP contribution is -2.47. The smallest absolute Gasteiger partial charge is 0.229 e. The predicted octanol–water partition coefficient (Wildman–Crippen LogP) is 5.39.